The Hall–Kier alpha value is -3.66. The molecule has 0 unspecified atom stereocenters. The molecule has 0 bridgehead atoms. The molecule has 0 saturated heterocycles. The van der Waals surface area contributed by atoms with Crippen LogP contribution in [0.1, 0.15) is 26.3 Å². The van der Waals surface area contributed by atoms with Gasteiger partial charge in [0.05, 0.1) is 0 Å². The van der Waals surface area contributed by atoms with E-state index in [0.717, 1.165) is 0 Å². The van der Waals surface area contributed by atoms with Gasteiger partial charge in [0.1, 0.15) is 11.5 Å². The number of fused-ring (bicyclic) bond motifs is 1. The van der Waals surface area contributed by atoms with Crippen LogP contribution < -0.4 is 0 Å². The molecule has 0 amide bonds. The van der Waals surface area contributed by atoms with Crippen LogP contribution in [0.2, 0.25) is 0 Å². The fourth-order valence-electron chi connectivity index (χ4n) is 3.19. The highest BCUT2D eigenvalue weighted by Gasteiger charge is 2.28. The number of carbonyl (C=O) groups is 2. The number of hydrogen-bond donors (Lipinski definition) is 2. The Morgan fingerprint density at radius 1 is 0.654 bits per heavy atom. The lowest BCUT2D eigenvalue weighted by Crippen LogP contribution is -2.17. The lowest BCUT2D eigenvalue weighted by molar-refractivity contribution is 0.100. The van der Waals surface area contributed by atoms with E-state index in [1.807, 2.05) is 0 Å². The van der Waals surface area contributed by atoms with Crippen molar-refractivity contribution in [3.63, 3.8) is 0 Å². The zero-order valence-electron chi connectivity index (χ0n) is 13.6. The van der Waals surface area contributed by atoms with Crippen LogP contribution in [0, 0.1) is 0 Å². The van der Waals surface area contributed by atoms with Crippen LogP contribution in [0.3, 0.4) is 0 Å². The SMILES string of the molecule is O=C1C(c2ccc(O)cc2)=CC(=O)c2c1cccc2-c1cccc(O)c1. The Labute approximate surface area is 149 Å². The summed E-state index contributed by atoms with van der Waals surface area (Å²) in [6.07, 6.45) is 1.34. The second-order valence-electron chi connectivity index (χ2n) is 6.08. The fraction of sp³-hybridized carbons (Fsp3) is 0. The van der Waals surface area contributed by atoms with Crippen LogP contribution in [-0.4, -0.2) is 21.8 Å². The van der Waals surface area contributed by atoms with Gasteiger partial charge in [-0.15, -0.1) is 0 Å². The van der Waals surface area contributed by atoms with Gasteiger partial charge in [-0.05, 0) is 47.0 Å². The molecule has 0 radical (unpaired) electrons. The Balaban J connectivity index is 1.87. The lowest BCUT2D eigenvalue weighted by atomic mass is 9.82. The molecule has 0 heterocycles. The Morgan fingerprint density at radius 2 is 1.35 bits per heavy atom. The predicted octanol–water partition coefficient (Wildman–Crippen LogP) is 4.23. The van der Waals surface area contributed by atoms with Gasteiger partial charge in [0.2, 0.25) is 0 Å². The largest absolute Gasteiger partial charge is 0.508 e. The first kappa shape index (κ1) is 15.8. The number of allylic oxidation sites excluding steroid dienone is 2. The molecule has 1 aliphatic rings. The van der Waals surface area contributed by atoms with Gasteiger partial charge in [-0.2, -0.15) is 0 Å². The van der Waals surface area contributed by atoms with E-state index in [0.29, 0.717) is 33.4 Å². The van der Waals surface area contributed by atoms with E-state index in [1.165, 1.54) is 18.2 Å². The molecule has 3 aromatic carbocycles. The van der Waals surface area contributed by atoms with Gasteiger partial charge in [0.15, 0.2) is 11.6 Å². The van der Waals surface area contributed by atoms with Gasteiger partial charge in [-0.3, -0.25) is 9.59 Å². The molecule has 1 aliphatic carbocycles. The van der Waals surface area contributed by atoms with E-state index in [-0.39, 0.29) is 23.1 Å². The predicted molar refractivity (Wildman–Crippen MR) is 98.3 cm³/mol. The minimum absolute atomic E-state index is 0.0926. The van der Waals surface area contributed by atoms with Crippen molar-refractivity contribution in [2.75, 3.05) is 0 Å². The van der Waals surface area contributed by atoms with Crippen molar-refractivity contribution >= 4 is 17.1 Å². The molecule has 0 aromatic heterocycles. The van der Waals surface area contributed by atoms with Crippen molar-refractivity contribution < 1.29 is 19.8 Å². The van der Waals surface area contributed by atoms with E-state index in [2.05, 4.69) is 0 Å². The number of phenolic OH excluding ortho intramolecular Hbond substituents is 2. The highest BCUT2D eigenvalue weighted by molar-refractivity contribution is 6.39. The van der Waals surface area contributed by atoms with Crippen LogP contribution in [0.5, 0.6) is 11.5 Å². The molecule has 0 saturated carbocycles. The van der Waals surface area contributed by atoms with Gasteiger partial charge in [0.25, 0.3) is 0 Å². The summed E-state index contributed by atoms with van der Waals surface area (Å²) in [5.74, 6) is -0.320. The average molecular weight is 342 g/mol. The summed E-state index contributed by atoms with van der Waals surface area (Å²) >= 11 is 0. The number of ketones is 2. The topological polar surface area (TPSA) is 74.6 Å². The van der Waals surface area contributed by atoms with E-state index in [9.17, 15) is 19.8 Å². The summed E-state index contributed by atoms with van der Waals surface area (Å²) in [5.41, 5.74) is 2.83. The molecule has 0 aliphatic heterocycles. The standard InChI is InChI=1S/C22H14O4/c23-15-9-7-13(8-10-15)19-12-20(25)21-17(5-2-6-18(21)22(19)26)14-3-1-4-16(24)11-14/h1-12,23-24H. The van der Waals surface area contributed by atoms with Crippen molar-refractivity contribution in [3.05, 3.63) is 89.5 Å². The molecule has 4 nitrogen and oxygen atoms in total. The van der Waals surface area contributed by atoms with E-state index >= 15 is 0 Å². The monoisotopic (exact) mass is 342 g/mol. The molecular formula is C22H14O4. The molecule has 4 rings (SSSR count). The van der Waals surface area contributed by atoms with Crippen LogP contribution in [-0.2, 0) is 0 Å². The minimum atomic E-state index is -0.262. The summed E-state index contributed by atoms with van der Waals surface area (Å²) in [6.45, 7) is 0. The number of benzene rings is 3. The molecule has 0 atom stereocenters. The third-order valence-electron chi connectivity index (χ3n) is 4.41. The van der Waals surface area contributed by atoms with E-state index < -0.39 is 0 Å². The fourth-order valence-corrected chi connectivity index (χ4v) is 3.19. The lowest BCUT2D eigenvalue weighted by Gasteiger charge is -2.18. The van der Waals surface area contributed by atoms with Crippen LogP contribution in [0.4, 0.5) is 0 Å². The molecule has 3 aromatic rings. The number of hydrogen-bond acceptors (Lipinski definition) is 4. The quantitative estimate of drug-likeness (QED) is 0.731. The number of rotatable bonds is 2. The third kappa shape index (κ3) is 2.58. The number of carbonyl (C=O) groups excluding carboxylic acids is 2. The smallest absolute Gasteiger partial charge is 0.194 e. The second kappa shape index (κ2) is 6.01. The van der Waals surface area contributed by atoms with Crippen molar-refractivity contribution in [1.29, 1.82) is 0 Å². The van der Waals surface area contributed by atoms with Gasteiger partial charge in [-0.1, -0.05) is 42.5 Å². The Bertz CT molecular complexity index is 1080. The van der Waals surface area contributed by atoms with E-state index in [4.69, 9.17) is 0 Å². The highest BCUT2D eigenvalue weighted by Crippen LogP contribution is 2.35. The molecular weight excluding hydrogens is 328 g/mol. The third-order valence-corrected chi connectivity index (χ3v) is 4.41. The molecule has 26 heavy (non-hydrogen) atoms. The van der Waals surface area contributed by atoms with E-state index in [1.54, 1.807) is 54.6 Å². The Morgan fingerprint density at radius 3 is 2.08 bits per heavy atom. The van der Waals surface area contributed by atoms with Crippen LogP contribution in [0.15, 0.2) is 72.8 Å². The summed E-state index contributed by atoms with van der Waals surface area (Å²) in [7, 11) is 0. The zero-order valence-corrected chi connectivity index (χ0v) is 13.6. The van der Waals surface area contributed by atoms with Gasteiger partial charge in [-0.25, -0.2) is 0 Å². The number of Topliss-reactive ketones (excluding diaryl/α,β-unsaturated/α-hetero) is 1. The maximum atomic E-state index is 13.0. The summed E-state index contributed by atoms with van der Waals surface area (Å²) in [4.78, 5) is 25.8. The van der Waals surface area contributed by atoms with Crippen molar-refractivity contribution in [2.24, 2.45) is 0 Å². The summed E-state index contributed by atoms with van der Waals surface area (Å²) in [6, 6.07) is 17.9. The first-order chi connectivity index (χ1) is 12.5. The van der Waals surface area contributed by atoms with Crippen molar-refractivity contribution in [2.45, 2.75) is 0 Å². The average Bonchev–Trinajstić information content (AvgIpc) is 2.65. The minimum Gasteiger partial charge on any atom is -0.508 e. The Kier molecular flexibility index (Phi) is 3.66. The highest BCUT2D eigenvalue weighted by atomic mass is 16.3. The molecule has 0 spiro atoms. The van der Waals surface area contributed by atoms with Crippen molar-refractivity contribution in [1.82, 2.24) is 0 Å². The molecule has 4 heteroatoms. The number of phenols is 2. The molecule has 0 fully saturated rings. The first-order valence-corrected chi connectivity index (χ1v) is 8.07. The maximum absolute atomic E-state index is 13.0. The maximum Gasteiger partial charge on any atom is 0.194 e. The normalized spacial score (nSPS) is 13.3. The molecule has 126 valence electrons. The molecule has 2 N–H and O–H groups in total. The van der Waals surface area contributed by atoms with Gasteiger partial charge < -0.3 is 10.2 Å². The number of aromatic hydroxyl groups is 2. The van der Waals surface area contributed by atoms with Crippen LogP contribution in [0.25, 0.3) is 16.7 Å². The zero-order chi connectivity index (χ0) is 18.3. The summed E-state index contributed by atoms with van der Waals surface area (Å²) in [5, 5.41) is 19.1. The van der Waals surface area contributed by atoms with Gasteiger partial charge >= 0.3 is 0 Å². The second-order valence-corrected chi connectivity index (χ2v) is 6.08. The van der Waals surface area contributed by atoms with Gasteiger partial charge in [0, 0.05) is 16.7 Å². The summed E-state index contributed by atoms with van der Waals surface area (Å²) < 4.78 is 0. The van der Waals surface area contributed by atoms with Crippen molar-refractivity contribution in [3.8, 4) is 22.6 Å². The first-order valence-electron chi connectivity index (χ1n) is 8.07. The van der Waals surface area contributed by atoms with Crippen LogP contribution >= 0.6 is 0 Å².